The Kier molecular flexibility index (Phi) is 5.84. The molecule has 0 saturated heterocycles. The van der Waals surface area contributed by atoms with E-state index in [0.717, 1.165) is 26.6 Å². The number of tetrazole rings is 1. The Labute approximate surface area is 173 Å². The molecule has 2 heterocycles. The molecule has 142 valence electrons. The van der Waals surface area contributed by atoms with Crippen LogP contribution in [0.4, 0.5) is 5.13 Å². The van der Waals surface area contributed by atoms with Crippen molar-refractivity contribution in [2.75, 3.05) is 16.8 Å². The van der Waals surface area contributed by atoms with Crippen LogP contribution >= 0.6 is 34.9 Å². The van der Waals surface area contributed by atoms with Gasteiger partial charge in [0.25, 0.3) is 0 Å². The fraction of sp³-hybridized carbons (Fsp3) is 0.176. The Bertz CT molecular complexity index is 1110. The molecule has 2 aromatic heterocycles. The highest BCUT2D eigenvalue weighted by Crippen LogP contribution is 2.27. The maximum atomic E-state index is 12.3. The summed E-state index contributed by atoms with van der Waals surface area (Å²) in [5.74, 6) is 0.901. The van der Waals surface area contributed by atoms with Crippen molar-refractivity contribution in [2.24, 2.45) is 0 Å². The van der Waals surface area contributed by atoms with E-state index in [1.165, 1.54) is 23.1 Å². The lowest BCUT2D eigenvalue weighted by Crippen LogP contribution is -2.14. The quantitative estimate of drug-likeness (QED) is 0.352. The molecule has 0 bridgehead atoms. The number of amides is 1. The van der Waals surface area contributed by atoms with Crippen LogP contribution in [0, 0.1) is 0 Å². The Morgan fingerprint density at radius 3 is 2.86 bits per heavy atom. The molecule has 4 aromatic rings. The monoisotopic (exact) mass is 429 g/mol. The van der Waals surface area contributed by atoms with E-state index in [1.807, 2.05) is 49.4 Å². The Hall–Kier alpha value is -2.50. The lowest BCUT2D eigenvalue weighted by Gasteiger charge is -2.07. The lowest BCUT2D eigenvalue weighted by atomic mass is 10.1. The highest BCUT2D eigenvalue weighted by Gasteiger charge is 2.14. The smallest absolute Gasteiger partial charge is 0.236 e. The van der Waals surface area contributed by atoms with Gasteiger partial charge in [0, 0.05) is 5.39 Å². The fourth-order valence-electron chi connectivity index (χ4n) is 2.54. The van der Waals surface area contributed by atoms with Crippen LogP contribution in [0.2, 0.25) is 0 Å². The molecule has 0 aliphatic carbocycles. The first-order valence-corrected chi connectivity index (χ1v) is 11.2. The number of fused-ring (bicyclic) bond motifs is 1. The summed E-state index contributed by atoms with van der Waals surface area (Å²) in [4.78, 5) is 12.3. The number of anilines is 1. The number of nitrogens with zero attached hydrogens (tertiary/aromatic N) is 6. The maximum absolute atomic E-state index is 12.3. The molecule has 1 amide bonds. The van der Waals surface area contributed by atoms with Gasteiger partial charge in [0.1, 0.15) is 0 Å². The SMILES string of the molecule is CCSc1nnc(NC(=O)CSc2nnnn2-c2cccc3ccccc23)s1. The van der Waals surface area contributed by atoms with Crippen molar-refractivity contribution in [1.29, 1.82) is 0 Å². The minimum atomic E-state index is -0.179. The van der Waals surface area contributed by atoms with Gasteiger partial charge in [0.05, 0.1) is 11.4 Å². The number of carbonyl (C=O) groups is 1. The van der Waals surface area contributed by atoms with Crippen LogP contribution in [0.3, 0.4) is 0 Å². The number of aromatic nitrogens is 6. The Morgan fingerprint density at radius 2 is 1.96 bits per heavy atom. The van der Waals surface area contributed by atoms with Gasteiger partial charge < -0.3 is 0 Å². The topological polar surface area (TPSA) is 98.5 Å². The molecule has 0 aliphatic heterocycles. The van der Waals surface area contributed by atoms with Crippen LogP contribution in [-0.2, 0) is 4.79 Å². The third-order valence-corrected chi connectivity index (χ3v) is 6.46. The first-order chi connectivity index (χ1) is 13.7. The van der Waals surface area contributed by atoms with Gasteiger partial charge in [-0.25, -0.2) is 0 Å². The number of hydrogen-bond donors (Lipinski definition) is 1. The standard InChI is InChI=1S/C17H15N7OS3/c1-2-26-17-21-19-15(28-17)18-14(25)10-27-16-20-22-23-24(16)13-9-5-7-11-6-3-4-8-12(11)13/h3-9H,2,10H2,1H3,(H,18,19,25). The molecular formula is C17H15N7OS3. The molecule has 1 N–H and O–H groups in total. The first kappa shape index (κ1) is 18.8. The van der Waals surface area contributed by atoms with Crippen LogP contribution in [0.15, 0.2) is 52.0 Å². The second-order valence-electron chi connectivity index (χ2n) is 5.51. The van der Waals surface area contributed by atoms with E-state index in [2.05, 4.69) is 31.0 Å². The van der Waals surface area contributed by atoms with Crippen molar-refractivity contribution in [1.82, 2.24) is 30.4 Å². The molecule has 0 atom stereocenters. The second kappa shape index (κ2) is 8.67. The second-order valence-corrected chi connectivity index (χ2v) is 8.95. The predicted molar refractivity (Wildman–Crippen MR) is 112 cm³/mol. The van der Waals surface area contributed by atoms with Gasteiger partial charge in [0.15, 0.2) is 4.34 Å². The average molecular weight is 430 g/mol. The first-order valence-electron chi connectivity index (χ1n) is 8.40. The van der Waals surface area contributed by atoms with E-state index in [0.29, 0.717) is 10.3 Å². The van der Waals surface area contributed by atoms with Crippen molar-refractivity contribution in [3.05, 3.63) is 42.5 Å². The molecule has 8 nitrogen and oxygen atoms in total. The molecule has 28 heavy (non-hydrogen) atoms. The summed E-state index contributed by atoms with van der Waals surface area (Å²) in [6.07, 6.45) is 0. The normalized spacial score (nSPS) is 11.0. The van der Waals surface area contributed by atoms with Crippen molar-refractivity contribution in [3.63, 3.8) is 0 Å². The summed E-state index contributed by atoms with van der Waals surface area (Å²) >= 11 is 4.23. The Morgan fingerprint density at radius 1 is 1.11 bits per heavy atom. The van der Waals surface area contributed by atoms with E-state index < -0.39 is 0 Å². The van der Waals surface area contributed by atoms with Crippen LogP contribution < -0.4 is 5.32 Å². The van der Waals surface area contributed by atoms with Gasteiger partial charge in [-0.2, -0.15) is 4.68 Å². The van der Waals surface area contributed by atoms with Crippen molar-refractivity contribution < 1.29 is 4.79 Å². The molecule has 0 spiro atoms. The highest BCUT2D eigenvalue weighted by molar-refractivity contribution is 8.01. The van der Waals surface area contributed by atoms with Gasteiger partial charge in [-0.05, 0) is 27.6 Å². The summed E-state index contributed by atoms with van der Waals surface area (Å²) in [5.41, 5.74) is 0.872. The predicted octanol–water partition coefficient (Wildman–Crippen LogP) is 3.51. The van der Waals surface area contributed by atoms with E-state index in [9.17, 15) is 4.79 Å². The largest absolute Gasteiger partial charge is 0.300 e. The number of thioether (sulfide) groups is 2. The molecule has 0 saturated carbocycles. The van der Waals surface area contributed by atoms with Gasteiger partial charge in [-0.15, -0.1) is 15.3 Å². The summed E-state index contributed by atoms with van der Waals surface area (Å²) in [5, 5.41) is 25.9. The van der Waals surface area contributed by atoms with Gasteiger partial charge in [0.2, 0.25) is 16.2 Å². The number of rotatable bonds is 7. The number of benzene rings is 2. The summed E-state index contributed by atoms with van der Waals surface area (Å²) in [6.45, 7) is 2.04. The summed E-state index contributed by atoms with van der Waals surface area (Å²) in [7, 11) is 0. The van der Waals surface area contributed by atoms with Crippen molar-refractivity contribution in [3.8, 4) is 5.69 Å². The number of hydrogen-bond acceptors (Lipinski definition) is 9. The fourth-order valence-corrected chi connectivity index (χ4v) is 4.89. The summed E-state index contributed by atoms with van der Waals surface area (Å²) in [6, 6.07) is 14.0. The number of nitrogens with one attached hydrogen (secondary N) is 1. The third kappa shape index (κ3) is 4.16. The zero-order chi connectivity index (χ0) is 19.3. The Balaban J connectivity index is 1.46. The molecule has 0 radical (unpaired) electrons. The lowest BCUT2D eigenvalue weighted by molar-refractivity contribution is -0.113. The molecule has 11 heteroatoms. The average Bonchev–Trinajstić information content (AvgIpc) is 3.35. The van der Waals surface area contributed by atoms with Crippen LogP contribution in [0.25, 0.3) is 16.5 Å². The molecule has 0 fully saturated rings. The van der Waals surface area contributed by atoms with Crippen LogP contribution in [0.1, 0.15) is 6.92 Å². The van der Waals surface area contributed by atoms with E-state index >= 15 is 0 Å². The minimum Gasteiger partial charge on any atom is -0.300 e. The number of carbonyl (C=O) groups excluding carboxylic acids is 1. The zero-order valence-corrected chi connectivity index (χ0v) is 17.2. The van der Waals surface area contributed by atoms with E-state index in [1.54, 1.807) is 16.4 Å². The van der Waals surface area contributed by atoms with Crippen molar-refractivity contribution in [2.45, 2.75) is 16.4 Å². The van der Waals surface area contributed by atoms with Gasteiger partial charge >= 0.3 is 0 Å². The van der Waals surface area contributed by atoms with E-state index in [4.69, 9.17) is 0 Å². The molecule has 4 rings (SSSR count). The molecule has 0 aliphatic rings. The van der Waals surface area contributed by atoms with Gasteiger partial charge in [-0.1, -0.05) is 78.2 Å². The van der Waals surface area contributed by atoms with Crippen LogP contribution in [-0.4, -0.2) is 47.8 Å². The van der Waals surface area contributed by atoms with E-state index in [-0.39, 0.29) is 11.7 Å². The van der Waals surface area contributed by atoms with Crippen molar-refractivity contribution >= 4 is 56.7 Å². The van der Waals surface area contributed by atoms with Crippen LogP contribution in [0.5, 0.6) is 0 Å². The molecular weight excluding hydrogens is 414 g/mol. The third-order valence-electron chi connectivity index (χ3n) is 3.69. The van der Waals surface area contributed by atoms with Gasteiger partial charge in [-0.3, -0.25) is 10.1 Å². The minimum absolute atomic E-state index is 0.168. The molecule has 2 aromatic carbocycles. The summed E-state index contributed by atoms with van der Waals surface area (Å²) < 4.78 is 2.49. The zero-order valence-electron chi connectivity index (χ0n) is 14.8. The molecule has 0 unspecified atom stereocenters. The maximum Gasteiger partial charge on any atom is 0.236 e. The highest BCUT2D eigenvalue weighted by atomic mass is 32.2.